The molecule has 0 N–H and O–H groups in total. The number of ether oxygens (including phenoxy) is 1. The minimum Gasteiger partial charge on any atom is -0.444 e. The standard InChI is InChI=1S/C24H22FN3O3/c25-19-3-5-22-18(14-19)15-31-24(30)28(22)20-7-10-27(11-8-20)23-6-2-17-13-16(9-12-29)1-4-21(17)26-23/h1-6,12-14,20H,7-11,15H2. The quantitative estimate of drug-likeness (QED) is 0.592. The number of aromatic nitrogens is 1. The van der Waals surface area contributed by atoms with Crippen LogP contribution in [0.15, 0.2) is 48.5 Å². The monoisotopic (exact) mass is 419 g/mol. The lowest BCUT2D eigenvalue weighted by atomic mass is 10.0. The van der Waals surface area contributed by atoms with Gasteiger partial charge in [-0.2, -0.15) is 0 Å². The zero-order valence-corrected chi connectivity index (χ0v) is 17.0. The maximum absolute atomic E-state index is 13.6. The number of benzene rings is 2. The molecule has 0 atom stereocenters. The average Bonchev–Trinajstić information content (AvgIpc) is 2.79. The first-order chi connectivity index (χ1) is 15.1. The van der Waals surface area contributed by atoms with E-state index in [1.807, 2.05) is 30.3 Å². The van der Waals surface area contributed by atoms with Gasteiger partial charge in [0.05, 0.1) is 11.2 Å². The molecule has 1 saturated heterocycles. The molecule has 158 valence electrons. The van der Waals surface area contributed by atoms with Gasteiger partial charge in [-0.1, -0.05) is 6.07 Å². The average molecular weight is 419 g/mol. The molecule has 2 aromatic carbocycles. The highest BCUT2D eigenvalue weighted by Crippen LogP contribution is 2.33. The number of hydrogen-bond acceptors (Lipinski definition) is 5. The van der Waals surface area contributed by atoms with Gasteiger partial charge in [0.2, 0.25) is 0 Å². The zero-order valence-electron chi connectivity index (χ0n) is 17.0. The summed E-state index contributed by atoms with van der Waals surface area (Å²) < 4.78 is 18.9. The number of anilines is 2. The van der Waals surface area contributed by atoms with Crippen molar-refractivity contribution >= 4 is 34.8 Å². The second-order valence-corrected chi connectivity index (χ2v) is 7.98. The molecule has 1 amide bonds. The molecule has 0 spiro atoms. The normalized spacial score (nSPS) is 16.9. The van der Waals surface area contributed by atoms with E-state index in [1.54, 1.807) is 11.0 Å². The van der Waals surface area contributed by atoms with Crippen LogP contribution >= 0.6 is 0 Å². The Morgan fingerprint density at radius 3 is 2.74 bits per heavy atom. The largest absolute Gasteiger partial charge is 0.444 e. The molecule has 3 heterocycles. The Balaban J connectivity index is 1.32. The topological polar surface area (TPSA) is 62.7 Å². The summed E-state index contributed by atoms with van der Waals surface area (Å²) in [6.07, 6.45) is 2.47. The third-order valence-corrected chi connectivity index (χ3v) is 6.06. The molecular weight excluding hydrogens is 397 g/mol. The van der Waals surface area contributed by atoms with Crippen molar-refractivity contribution in [3.8, 4) is 0 Å². The fourth-order valence-electron chi connectivity index (χ4n) is 4.47. The molecule has 0 aliphatic carbocycles. The van der Waals surface area contributed by atoms with E-state index in [0.29, 0.717) is 12.0 Å². The summed E-state index contributed by atoms with van der Waals surface area (Å²) in [7, 11) is 0. The van der Waals surface area contributed by atoms with Crippen molar-refractivity contribution in [2.45, 2.75) is 31.9 Å². The Bertz CT molecular complexity index is 1160. The van der Waals surface area contributed by atoms with E-state index in [2.05, 4.69) is 4.90 Å². The summed E-state index contributed by atoms with van der Waals surface area (Å²) in [4.78, 5) is 31.9. The van der Waals surface area contributed by atoms with Gasteiger partial charge in [-0.15, -0.1) is 0 Å². The number of halogens is 1. The molecule has 0 saturated carbocycles. The molecule has 3 aromatic rings. The predicted molar refractivity (Wildman–Crippen MR) is 116 cm³/mol. The SMILES string of the molecule is O=CCc1ccc2nc(N3CCC(N4C(=O)OCc5cc(F)ccc54)CC3)ccc2c1. The molecule has 5 rings (SSSR count). The van der Waals surface area contributed by atoms with E-state index < -0.39 is 0 Å². The fourth-order valence-corrected chi connectivity index (χ4v) is 4.47. The van der Waals surface area contributed by atoms with Crippen LogP contribution < -0.4 is 9.80 Å². The van der Waals surface area contributed by atoms with E-state index in [9.17, 15) is 14.0 Å². The van der Waals surface area contributed by atoms with Gasteiger partial charge in [-0.3, -0.25) is 4.90 Å². The van der Waals surface area contributed by atoms with Crippen LogP contribution in [0.5, 0.6) is 0 Å². The van der Waals surface area contributed by atoms with Crippen LogP contribution in [-0.2, 0) is 22.6 Å². The Morgan fingerprint density at radius 2 is 1.94 bits per heavy atom. The Hall–Kier alpha value is -3.48. The van der Waals surface area contributed by atoms with Crippen LogP contribution in [-0.4, -0.2) is 36.5 Å². The maximum Gasteiger partial charge on any atom is 0.414 e. The van der Waals surface area contributed by atoms with E-state index in [4.69, 9.17) is 9.72 Å². The van der Waals surface area contributed by atoms with Gasteiger partial charge in [-0.05, 0) is 60.9 Å². The van der Waals surface area contributed by atoms with Crippen molar-refractivity contribution in [1.29, 1.82) is 0 Å². The van der Waals surface area contributed by atoms with E-state index >= 15 is 0 Å². The van der Waals surface area contributed by atoms with Gasteiger partial charge >= 0.3 is 6.09 Å². The summed E-state index contributed by atoms with van der Waals surface area (Å²) >= 11 is 0. The van der Waals surface area contributed by atoms with Gasteiger partial charge in [0.25, 0.3) is 0 Å². The van der Waals surface area contributed by atoms with E-state index in [-0.39, 0.29) is 24.6 Å². The van der Waals surface area contributed by atoms with Crippen LogP contribution in [0, 0.1) is 5.82 Å². The van der Waals surface area contributed by atoms with Crippen molar-refractivity contribution in [1.82, 2.24) is 4.98 Å². The molecule has 0 unspecified atom stereocenters. The molecule has 7 heteroatoms. The number of carbonyl (C=O) groups excluding carboxylic acids is 2. The third kappa shape index (κ3) is 3.71. The summed E-state index contributed by atoms with van der Waals surface area (Å²) in [6, 6.07) is 14.4. The number of carbonyl (C=O) groups is 2. The number of pyridine rings is 1. The first-order valence-corrected chi connectivity index (χ1v) is 10.4. The van der Waals surface area contributed by atoms with Gasteiger partial charge in [0.1, 0.15) is 24.5 Å². The lowest BCUT2D eigenvalue weighted by molar-refractivity contribution is -0.107. The maximum atomic E-state index is 13.6. The van der Waals surface area contributed by atoms with E-state index in [0.717, 1.165) is 60.2 Å². The lowest BCUT2D eigenvalue weighted by Crippen LogP contribution is -2.49. The summed E-state index contributed by atoms with van der Waals surface area (Å²) in [5.41, 5.74) is 3.31. The second-order valence-electron chi connectivity index (χ2n) is 7.98. The Kier molecular flexibility index (Phi) is 5.02. The van der Waals surface area contributed by atoms with Gasteiger partial charge in [-0.25, -0.2) is 14.2 Å². The molecule has 31 heavy (non-hydrogen) atoms. The van der Waals surface area contributed by atoms with Crippen molar-refractivity contribution in [2.24, 2.45) is 0 Å². The third-order valence-electron chi connectivity index (χ3n) is 6.06. The van der Waals surface area contributed by atoms with Crippen molar-refractivity contribution in [3.05, 3.63) is 65.5 Å². The first kappa shape index (κ1) is 19.5. The van der Waals surface area contributed by atoms with Gasteiger partial charge in [0, 0.05) is 36.5 Å². The number of rotatable bonds is 4. The number of hydrogen-bond donors (Lipinski definition) is 0. The van der Waals surface area contributed by atoms with Crippen LogP contribution in [0.1, 0.15) is 24.0 Å². The molecular formula is C24H22FN3O3. The number of aldehydes is 1. The van der Waals surface area contributed by atoms with Crippen LogP contribution in [0.3, 0.4) is 0 Å². The molecule has 6 nitrogen and oxygen atoms in total. The predicted octanol–water partition coefficient (Wildman–Crippen LogP) is 4.24. The van der Waals surface area contributed by atoms with Crippen molar-refractivity contribution < 1.29 is 18.7 Å². The van der Waals surface area contributed by atoms with Gasteiger partial charge in [0.15, 0.2) is 0 Å². The van der Waals surface area contributed by atoms with Crippen LogP contribution in [0.4, 0.5) is 20.7 Å². The molecule has 0 radical (unpaired) electrons. The molecule has 0 bridgehead atoms. The van der Waals surface area contributed by atoms with E-state index in [1.165, 1.54) is 12.1 Å². The number of piperidine rings is 1. The smallest absolute Gasteiger partial charge is 0.414 e. The summed E-state index contributed by atoms with van der Waals surface area (Å²) in [5, 5.41) is 1.01. The van der Waals surface area contributed by atoms with Crippen molar-refractivity contribution in [2.75, 3.05) is 22.9 Å². The minimum atomic E-state index is -0.368. The van der Waals surface area contributed by atoms with Crippen molar-refractivity contribution in [3.63, 3.8) is 0 Å². The van der Waals surface area contributed by atoms with Crippen LogP contribution in [0.2, 0.25) is 0 Å². The summed E-state index contributed by atoms with van der Waals surface area (Å²) in [6.45, 7) is 1.62. The van der Waals surface area contributed by atoms with Gasteiger partial charge < -0.3 is 14.4 Å². The highest BCUT2D eigenvalue weighted by atomic mass is 19.1. The molecule has 1 aromatic heterocycles. The highest BCUT2D eigenvalue weighted by Gasteiger charge is 2.34. The Morgan fingerprint density at radius 1 is 1.10 bits per heavy atom. The fraction of sp³-hybridized carbons (Fsp3) is 0.292. The minimum absolute atomic E-state index is 0.000355. The number of fused-ring (bicyclic) bond motifs is 2. The number of nitrogens with zero attached hydrogens (tertiary/aromatic N) is 3. The molecule has 2 aliphatic heterocycles. The Labute approximate surface area is 179 Å². The summed E-state index contributed by atoms with van der Waals surface area (Å²) in [5.74, 6) is 0.574. The number of amides is 1. The van der Waals surface area contributed by atoms with Crippen LogP contribution in [0.25, 0.3) is 10.9 Å². The zero-order chi connectivity index (χ0) is 21.4. The first-order valence-electron chi connectivity index (χ1n) is 10.4. The highest BCUT2D eigenvalue weighted by molar-refractivity contribution is 5.91. The molecule has 1 fully saturated rings. The second kappa shape index (κ2) is 7.98. The number of cyclic esters (lactones) is 1. The lowest BCUT2D eigenvalue weighted by Gasteiger charge is -2.40. The molecule has 2 aliphatic rings.